The molecule has 0 aromatic carbocycles. The number of nitrogens with one attached hydrogen (secondary N) is 1. The summed E-state index contributed by atoms with van der Waals surface area (Å²) in [7, 11) is -3.20. The molecule has 0 radical (unpaired) electrons. The summed E-state index contributed by atoms with van der Waals surface area (Å²) in [5, 5.41) is 2.78. The van der Waals surface area contributed by atoms with Gasteiger partial charge in [0, 0.05) is 25.0 Å². The van der Waals surface area contributed by atoms with E-state index in [1.54, 1.807) is 4.31 Å². The zero-order chi connectivity index (χ0) is 14.5. The van der Waals surface area contributed by atoms with E-state index in [0.717, 1.165) is 25.7 Å². The minimum atomic E-state index is -3.20. The van der Waals surface area contributed by atoms with Crippen molar-refractivity contribution >= 4 is 15.9 Å². The van der Waals surface area contributed by atoms with E-state index >= 15 is 0 Å². The zero-order valence-electron chi connectivity index (χ0n) is 12.2. The molecule has 19 heavy (non-hydrogen) atoms. The van der Waals surface area contributed by atoms with Crippen LogP contribution in [0.25, 0.3) is 0 Å². The van der Waals surface area contributed by atoms with Crippen molar-refractivity contribution in [1.29, 1.82) is 0 Å². The molecule has 0 saturated heterocycles. The number of carbonyl (C=O) groups excluding carboxylic acids is 1. The minimum Gasteiger partial charge on any atom is -0.355 e. The number of sulfonamides is 1. The molecule has 1 N–H and O–H groups in total. The van der Waals surface area contributed by atoms with Crippen LogP contribution >= 0.6 is 0 Å². The first-order chi connectivity index (χ1) is 8.82. The third kappa shape index (κ3) is 5.48. The summed E-state index contributed by atoms with van der Waals surface area (Å²) in [5.74, 6) is -0.0986. The first kappa shape index (κ1) is 16.4. The van der Waals surface area contributed by atoms with Crippen LogP contribution in [-0.4, -0.2) is 44.0 Å². The van der Waals surface area contributed by atoms with Gasteiger partial charge in [0.1, 0.15) is 0 Å². The highest BCUT2D eigenvalue weighted by atomic mass is 32.2. The Morgan fingerprint density at radius 3 is 2.32 bits per heavy atom. The summed E-state index contributed by atoms with van der Waals surface area (Å²) in [6.45, 7) is 4.41. The smallest absolute Gasteiger partial charge is 0.222 e. The molecule has 0 unspecified atom stereocenters. The van der Waals surface area contributed by atoms with Gasteiger partial charge in [-0.05, 0) is 12.8 Å². The van der Waals surface area contributed by atoms with Crippen molar-refractivity contribution in [2.45, 2.75) is 52.0 Å². The molecule has 0 aromatic heterocycles. The number of hydrogen-bond acceptors (Lipinski definition) is 3. The molecular weight excluding hydrogens is 264 g/mol. The third-order valence-corrected chi connectivity index (χ3v) is 4.90. The van der Waals surface area contributed by atoms with Gasteiger partial charge in [0.2, 0.25) is 15.9 Å². The monoisotopic (exact) mass is 290 g/mol. The molecular formula is C13H26N2O3S. The van der Waals surface area contributed by atoms with E-state index in [1.807, 2.05) is 13.8 Å². The van der Waals surface area contributed by atoms with Crippen LogP contribution in [0.2, 0.25) is 0 Å². The molecule has 1 fully saturated rings. The summed E-state index contributed by atoms with van der Waals surface area (Å²) in [6, 6.07) is 0.111. The van der Waals surface area contributed by atoms with E-state index < -0.39 is 10.0 Å². The van der Waals surface area contributed by atoms with E-state index in [0.29, 0.717) is 13.1 Å². The van der Waals surface area contributed by atoms with Gasteiger partial charge in [-0.2, -0.15) is 4.31 Å². The Morgan fingerprint density at radius 2 is 1.84 bits per heavy atom. The largest absolute Gasteiger partial charge is 0.355 e. The summed E-state index contributed by atoms with van der Waals surface area (Å²) in [4.78, 5) is 11.5. The fraction of sp³-hybridized carbons (Fsp3) is 0.923. The van der Waals surface area contributed by atoms with E-state index in [4.69, 9.17) is 0 Å². The second-order valence-electron chi connectivity index (χ2n) is 5.61. The van der Waals surface area contributed by atoms with Gasteiger partial charge in [-0.15, -0.1) is 0 Å². The van der Waals surface area contributed by atoms with Crippen LogP contribution in [0.5, 0.6) is 0 Å². The van der Waals surface area contributed by atoms with Crippen LogP contribution < -0.4 is 5.32 Å². The molecule has 6 heteroatoms. The van der Waals surface area contributed by atoms with Crippen LogP contribution in [0.1, 0.15) is 46.0 Å². The topological polar surface area (TPSA) is 66.5 Å². The van der Waals surface area contributed by atoms with Crippen molar-refractivity contribution in [1.82, 2.24) is 9.62 Å². The predicted molar refractivity (Wildman–Crippen MR) is 76.3 cm³/mol. The molecule has 1 rings (SSSR count). The molecule has 1 aliphatic rings. The van der Waals surface area contributed by atoms with Gasteiger partial charge in [-0.1, -0.05) is 33.1 Å². The zero-order valence-corrected chi connectivity index (χ0v) is 13.0. The van der Waals surface area contributed by atoms with Crippen molar-refractivity contribution in [3.05, 3.63) is 0 Å². The molecule has 1 aliphatic carbocycles. The fourth-order valence-corrected chi connectivity index (χ4v) is 3.66. The van der Waals surface area contributed by atoms with Crippen LogP contribution in [0, 0.1) is 5.92 Å². The van der Waals surface area contributed by atoms with Gasteiger partial charge < -0.3 is 5.32 Å². The van der Waals surface area contributed by atoms with Crippen molar-refractivity contribution in [2.24, 2.45) is 5.92 Å². The Balaban J connectivity index is 2.53. The standard InChI is InChI=1S/C13H26N2O3S/c1-11(2)13(16)14-9-10-15(19(3,17)18)12-7-5-4-6-8-12/h11-12H,4-10H2,1-3H3,(H,14,16). The number of amides is 1. The van der Waals surface area contributed by atoms with E-state index in [1.165, 1.54) is 12.7 Å². The minimum absolute atomic E-state index is 0.0305. The lowest BCUT2D eigenvalue weighted by Crippen LogP contribution is -2.45. The summed E-state index contributed by atoms with van der Waals surface area (Å²) < 4.78 is 25.3. The molecule has 112 valence electrons. The number of carbonyl (C=O) groups is 1. The number of rotatable bonds is 6. The SMILES string of the molecule is CC(C)C(=O)NCCN(C1CCCCC1)S(C)(=O)=O. The maximum absolute atomic E-state index is 11.9. The average Bonchev–Trinajstić information content (AvgIpc) is 2.33. The molecule has 5 nitrogen and oxygen atoms in total. The van der Waals surface area contributed by atoms with Crippen molar-refractivity contribution in [2.75, 3.05) is 19.3 Å². The Morgan fingerprint density at radius 1 is 1.26 bits per heavy atom. The maximum atomic E-state index is 11.9. The lowest BCUT2D eigenvalue weighted by molar-refractivity contribution is -0.124. The van der Waals surface area contributed by atoms with Crippen LogP contribution in [-0.2, 0) is 14.8 Å². The lowest BCUT2D eigenvalue weighted by atomic mass is 9.95. The average molecular weight is 290 g/mol. The van der Waals surface area contributed by atoms with E-state index in [9.17, 15) is 13.2 Å². The van der Waals surface area contributed by atoms with E-state index in [2.05, 4.69) is 5.32 Å². The quantitative estimate of drug-likeness (QED) is 0.803. The molecule has 0 spiro atoms. The van der Waals surface area contributed by atoms with Gasteiger partial charge in [0.25, 0.3) is 0 Å². The summed E-state index contributed by atoms with van der Waals surface area (Å²) >= 11 is 0. The Kier molecular flexibility index (Phi) is 6.26. The van der Waals surface area contributed by atoms with E-state index in [-0.39, 0.29) is 17.9 Å². The van der Waals surface area contributed by atoms with Crippen molar-refractivity contribution in [3.8, 4) is 0 Å². The van der Waals surface area contributed by atoms with Crippen molar-refractivity contribution < 1.29 is 13.2 Å². The maximum Gasteiger partial charge on any atom is 0.222 e. The Hall–Kier alpha value is -0.620. The third-order valence-electron chi connectivity index (χ3n) is 3.56. The van der Waals surface area contributed by atoms with Gasteiger partial charge >= 0.3 is 0 Å². The normalized spacial score (nSPS) is 17.9. The number of hydrogen-bond donors (Lipinski definition) is 1. The second-order valence-corrected chi connectivity index (χ2v) is 7.55. The molecule has 0 aliphatic heterocycles. The van der Waals surface area contributed by atoms with Gasteiger partial charge in [-0.25, -0.2) is 8.42 Å². The van der Waals surface area contributed by atoms with Gasteiger partial charge in [0.15, 0.2) is 0 Å². The highest BCUT2D eigenvalue weighted by molar-refractivity contribution is 7.88. The Bertz CT molecular complexity index is 387. The molecule has 0 bridgehead atoms. The molecule has 1 amide bonds. The summed E-state index contributed by atoms with van der Waals surface area (Å²) in [5.41, 5.74) is 0. The number of nitrogens with zero attached hydrogens (tertiary/aromatic N) is 1. The molecule has 0 aromatic rings. The fourth-order valence-electron chi connectivity index (χ4n) is 2.48. The first-order valence-electron chi connectivity index (χ1n) is 7.07. The first-order valence-corrected chi connectivity index (χ1v) is 8.91. The highest BCUT2D eigenvalue weighted by Gasteiger charge is 2.27. The summed E-state index contributed by atoms with van der Waals surface area (Å²) in [6.07, 6.45) is 6.50. The molecule has 0 atom stereocenters. The predicted octanol–water partition coefficient (Wildman–Crippen LogP) is 1.35. The Labute approximate surface area is 116 Å². The van der Waals surface area contributed by atoms with Gasteiger partial charge in [0.05, 0.1) is 6.26 Å². The lowest BCUT2D eigenvalue weighted by Gasteiger charge is -2.32. The van der Waals surface area contributed by atoms with Crippen molar-refractivity contribution in [3.63, 3.8) is 0 Å². The van der Waals surface area contributed by atoms with Crippen LogP contribution in [0.15, 0.2) is 0 Å². The van der Waals surface area contributed by atoms with Gasteiger partial charge in [-0.3, -0.25) is 4.79 Å². The van der Waals surface area contributed by atoms with Crippen LogP contribution in [0.3, 0.4) is 0 Å². The molecule has 0 heterocycles. The highest BCUT2D eigenvalue weighted by Crippen LogP contribution is 2.23. The van der Waals surface area contributed by atoms with Crippen LogP contribution in [0.4, 0.5) is 0 Å². The second kappa shape index (κ2) is 7.24. The molecule has 1 saturated carbocycles.